The first-order chi connectivity index (χ1) is 9.33. The van der Waals surface area contributed by atoms with Crippen molar-refractivity contribution < 1.29 is 4.74 Å². The first-order valence-electron chi connectivity index (χ1n) is 6.17. The van der Waals surface area contributed by atoms with Crippen molar-refractivity contribution in [3.05, 3.63) is 66.4 Å². The van der Waals surface area contributed by atoms with Gasteiger partial charge in [-0.05, 0) is 37.3 Å². The van der Waals surface area contributed by atoms with Crippen LogP contribution < -0.4 is 4.74 Å². The van der Waals surface area contributed by atoms with Gasteiger partial charge in [-0.25, -0.2) is 0 Å². The molecule has 0 radical (unpaired) electrons. The molecular weight excluding hydrogens is 236 g/mol. The SMILES string of the molecule is Cc1cc(-c2ccccc2Oc2ccccc2)n[nH]1. The molecule has 0 unspecified atom stereocenters. The topological polar surface area (TPSA) is 37.9 Å². The van der Waals surface area contributed by atoms with E-state index in [1.165, 1.54) is 0 Å². The number of benzene rings is 2. The molecule has 0 fully saturated rings. The van der Waals surface area contributed by atoms with Crippen molar-refractivity contribution >= 4 is 0 Å². The van der Waals surface area contributed by atoms with Crippen LogP contribution in [-0.4, -0.2) is 10.2 Å². The summed E-state index contributed by atoms with van der Waals surface area (Å²) in [6, 6.07) is 19.7. The fourth-order valence-corrected chi connectivity index (χ4v) is 1.94. The maximum Gasteiger partial charge on any atom is 0.136 e. The average molecular weight is 250 g/mol. The van der Waals surface area contributed by atoms with Crippen LogP contribution in [0.4, 0.5) is 0 Å². The Bertz CT molecular complexity index is 674. The van der Waals surface area contributed by atoms with E-state index in [9.17, 15) is 0 Å². The van der Waals surface area contributed by atoms with Crippen molar-refractivity contribution in [1.82, 2.24) is 10.2 Å². The van der Waals surface area contributed by atoms with E-state index in [1.54, 1.807) is 0 Å². The van der Waals surface area contributed by atoms with E-state index < -0.39 is 0 Å². The van der Waals surface area contributed by atoms with Gasteiger partial charge in [0.1, 0.15) is 11.5 Å². The molecule has 1 N–H and O–H groups in total. The van der Waals surface area contributed by atoms with E-state index in [1.807, 2.05) is 67.6 Å². The minimum Gasteiger partial charge on any atom is -0.457 e. The molecule has 3 nitrogen and oxygen atoms in total. The predicted octanol–water partition coefficient (Wildman–Crippen LogP) is 4.18. The highest BCUT2D eigenvalue weighted by molar-refractivity contribution is 5.67. The third kappa shape index (κ3) is 2.50. The summed E-state index contributed by atoms with van der Waals surface area (Å²) in [5.41, 5.74) is 2.91. The molecule has 3 aromatic rings. The molecular formula is C16H14N2O. The van der Waals surface area contributed by atoms with Gasteiger partial charge in [0.05, 0.1) is 5.69 Å². The van der Waals surface area contributed by atoms with Gasteiger partial charge in [-0.1, -0.05) is 30.3 Å². The van der Waals surface area contributed by atoms with Gasteiger partial charge in [-0.15, -0.1) is 0 Å². The van der Waals surface area contributed by atoms with E-state index in [2.05, 4.69) is 10.2 Å². The van der Waals surface area contributed by atoms with Crippen molar-refractivity contribution in [2.45, 2.75) is 6.92 Å². The lowest BCUT2D eigenvalue weighted by atomic mass is 10.1. The Morgan fingerprint density at radius 2 is 1.68 bits per heavy atom. The largest absolute Gasteiger partial charge is 0.457 e. The van der Waals surface area contributed by atoms with E-state index in [0.717, 1.165) is 28.5 Å². The third-order valence-electron chi connectivity index (χ3n) is 2.84. The summed E-state index contributed by atoms with van der Waals surface area (Å²) >= 11 is 0. The van der Waals surface area contributed by atoms with E-state index in [0.29, 0.717) is 0 Å². The zero-order valence-corrected chi connectivity index (χ0v) is 10.6. The summed E-state index contributed by atoms with van der Waals surface area (Å²) in [5, 5.41) is 7.24. The van der Waals surface area contributed by atoms with Gasteiger partial charge in [-0.3, -0.25) is 5.10 Å². The normalized spacial score (nSPS) is 10.4. The van der Waals surface area contributed by atoms with Gasteiger partial charge in [0.25, 0.3) is 0 Å². The first-order valence-corrected chi connectivity index (χ1v) is 6.17. The van der Waals surface area contributed by atoms with Crippen LogP contribution in [0.5, 0.6) is 11.5 Å². The van der Waals surface area contributed by atoms with Crippen LogP contribution in [0.25, 0.3) is 11.3 Å². The maximum absolute atomic E-state index is 5.92. The van der Waals surface area contributed by atoms with Gasteiger partial charge in [0, 0.05) is 11.3 Å². The number of para-hydroxylation sites is 2. The molecule has 0 saturated heterocycles. The van der Waals surface area contributed by atoms with Crippen molar-refractivity contribution in [3.8, 4) is 22.8 Å². The van der Waals surface area contributed by atoms with E-state index >= 15 is 0 Å². The Morgan fingerprint density at radius 3 is 2.42 bits per heavy atom. The lowest BCUT2D eigenvalue weighted by Crippen LogP contribution is -1.88. The number of aromatic amines is 1. The fourth-order valence-electron chi connectivity index (χ4n) is 1.94. The van der Waals surface area contributed by atoms with Crippen LogP contribution in [0, 0.1) is 6.92 Å². The average Bonchev–Trinajstić information content (AvgIpc) is 2.87. The Hall–Kier alpha value is -2.55. The summed E-state index contributed by atoms with van der Waals surface area (Å²) in [6.07, 6.45) is 0. The van der Waals surface area contributed by atoms with Gasteiger partial charge < -0.3 is 4.74 Å². The molecule has 0 bridgehead atoms. The Labute approximate surface area is 111 Å². The van der Waals surface area contributed by atoms with Crippen LogP contribution in [0.1, 0.15) is 5.69 Å². The highest BCUT2D eigenvalue weighted by atomic mass is 16.5. The molecule has 0 amide bonds. The van der Waals surface area contributed by atoms with Gasteiger partial charge in [-0.2, -0.15) is 5.10 Å². The Balaban J connectivity index is 1.98. The molecule has 0 aliphatic heterocycles. The molecule has 2 aromatic carbocycles. The van der Waals surface area contributed by atoms with Crippen molar-refractivity contribution in [2.24, 2.45) is 0 Å². The van der Waals surface area contributed by atoms with Gasteiger partial charge in [0.15, 0.2) is 0 Å². The summed E-state index contributed by atoms with van der Waals surface area (Å²) in [5.74, 6) is 1.63. The summed E-state index contributed by atoms with van der Waals surface area (Å²) in [7, 11) is 0. The molecule has 94 valence electrons. The second kappa shape index (κ2) is 4.98. The van der Waals surface area contributed by atoms with Gasteiger partial charge in [0.2, 0.25) is 0 Å². The number of H-pyrrole nitrogens is 1. The van der Waals surface area contributed by atoms with Crippen LogP contribution in [-0.2, 0) is 0 Å². The van der Waals surface area contributed by atoms with Crippen LogP contribution in [0.2, 0.25) is 0 Å². The monoisotopic (exact) mass is 250 g/mol. The van der Waals surface area contributed by atoms with Crippen LogP contribution in [0.3, 0.4) is 0 Å². The molecule has 1 aromatic heterocycles. The third-order valence-corrected chi connectivity index (χ3v) is 2.84. The molecule has 3 rings (SSSR count). The van der Waals surface area contributed by atoms with E-state index in [-0.39, 0.29) is 0 Å². The first kappa shape index (κ1) is 11.5. The van der Waals surface area contributed by atoms with Crippen molar-refractivity contribution in [3.63, 3.8) is 0 Å². The maximum atomic E-state index is 5.92. The minimum absolute atomic E-state index is 0.806. The van der Waals surface area contributed by atoms with Crippen molar-refractivity contribution in [2.75, 3.05) is 0 Å². The molecule has 1 heterocycles. The molecule has 0 aliphatic carbocycles. The lowest BCUT2D eigenvalue weighted by Gasteiger charge is -2.09. The molecule has 3 heteroatoms. The van der Waals surface area contributed by atoms with Crippen molar-refractivity contribution in [1.29, 1.82) is 0 Å². The quantitative estimate of drug-likeness (QED) is 0.757. The molecule has 0 atom stereocenters. The van der Waals surface area contributed by atoms with Gasteiger partial charge >= 0.3 is 0 Å². The molecule has 19 heavy (non-hydrogen) atoms. The zero-order chi connectivity index (χ0) is 13.1. The fraction of sp³-hybridized carbons (Fsp3) is 0.0625. The number of aromatic nitrogens is 2. The number of nitrogens with zero attached hydrogens (tertiary/aromatic N) is 1. The number of hydrogen-bond acceptors (Lipinski definition) is 2. The van der Waals surface area contributed by atoms with Crippen LogP contribution >= 0.6 is 0 Å². The number of nitrogens with one attached hydrogen (secondary N) is 1. The number of aryl methyl sites for hydroxylation is 1. The highest BCUT2D eigenvalue weighted by Crippen LogP contribution is 2.32. The number of hydrogen-bond donors (Lipinski definition) is 1. The van der Waals surface area contributed by atoms with Crippen LogP contribution in [0.15, 0.2) is 60.7 Å². The Morgan fingerprint density at radius 1 is 0.947 bits per heavy atom. The standard InChI is InChI=1S/C16H14N2O/c1-12-11-15(18-17-12)14-9-5-6-10-16(14)19-13-7-3-2-4-8-13/h2-11H,1H3,(H,17,18). The van der Waals surface area contributed by atoms with E-state index in [4.69, 9.17) is 4.74 Å². The summed E-state index contributed by atoms with van der Waals surface area (Å²) in [4.78, 5) is 0. The number of rotatable bonds is 3. The predicted molar refractivity (Wildman–Crippen MR) is 75.3 cm³/mol. The molecule has 0 spiro atoms. The zero-order valence-electron chi connectivity index (χ0n) is 10.6. The highest BCUT2D eigenvalue weighted by Gasteiger charge is 2.09. The second-order valence-corrected chi connectivity index (χ2v) is 4.35. The lowest BCUT2D eigenvalue weighted by molar-refractivity contribution is 0.484. The second-order valence-electron chi connectivity index (χ2n) is 4.35. The number of ether oxygens (including phenoxy) is 1. The Kier molecular flexibility index (Phi) is 3.02. The minimum atomic E-state index is 0.806. The summed E-state index contributed by atoms with van der Waals surface area (Å²) < 4.78 is 5.92. The molecule has 0 saturated carbocycles. The smallest absolute Gasteiger partial charge is 0.136 e. The summed E-state index contributed by atoms with van der Waals surface area (Å²) in [6.45, 7) is 1.98. The molecule has 0 aliphatic rings.